The Kier molecular flexibility index (Phi) is 5.22. The van der Waals surface area contributed by atoms with Gasteiger partial charge in [-0.3, -0.25) is 9.69 Å². The minimum absolute atomic E-state index is 0.0465. The Morgan fingerprint density at radius 3 is 2.65 bits per heavy atom. The number of likely N-dealkylation sites (N-methyl/N-ethyl adjacent to an activating group) is 1. The molecule has 0 bridgehead atoms. The van der Waals surface area contributed by atoms with Crippen LogP contribution in [0, 0.1) is 11.6 Å². The second kappa shape index (κ2) is 6.45. The van der Waals surface area contributed by atoms with E-state index in [2.05, 4.69) is 6.92 Å². The molecule has 0 saturated carbocycles. The summed E-state index contributed by atoms with van der Waals surface area (Å²) in [6.07, 6.45) is 2.04. The summed E-state index contributed by atoms with van der Waals surface area (Å²) in [6.45, 7) is 3.02. The van der Waals surface area contributed by atoms with Gasteiger partial charge in [0.2, 0.25) is 0 Å². The van der Waals surface area contributed by atoms with Crippen LogP contribution < -0.4 is 0 Å². The van der Waals surface area contributed by atoms with E-state index in [0.29, 0.717) is 0 Å². The molecule has 0 unspecified atom stereocenters. The number of hydrogen-bond acceptors (Lipinski definition) is 2. The lowest BCUT2D eigenvalue weighted by Gasteiger charge is -2.15. The number of carbonyl (C=O) groups is 1. The van der Waals surface area contributed by atoms with E-state index in [1.165, 1.54) is 6.07 Å². The molecule has 0 N–H and O–H groups in total. The van der Waals surface area contributed by atoms with Crippen LogP contribution in [-0.2, 0) is 0 Å². The summed E-state index contributed by atoms with van der Waals surface area (Å²) in [5.41, 5.74) is -0.0465. The van der Waals surface area contributed by atoms with Gasteiger partial charge in [0.05, 0.1) is 12.1 Å². The Labute approximate surface area is 100 Å². The van der Waals surface area contributed by atoms with Gasteiger partial charge in [-0.15, -0.1) is 0 Å². The normalized spacial score (nSPS) is 10.9. The van der Waals surface area contributed by atoms with Gasteiger partial charge >= 0.3 is 0 Å². The van der Waals surface area contributed by atoms with Crippen LogP contribution in [0.4, 0.5) is 8.78 Å². The lowest BCUT2D eigenvalue weighted by atomic mass is 10.1. The molecule has 0 aliphatic carbocycles. The summed E-state index contributed by atoms with van der Waals surface area (Å²) < 4.78 is 26.0. The summed E-state index contributed by atoms with van der Waals surface area (Å²) in [4.78, 5) is 13.6. The van der Waals surface area contributed by atoms with Crippen molar-refractivity contribution < 1.29 is 13.6 Å². The first-order valence-electron chi connectivity index (χ1n) is 5.71. The molecule has 0 fully saturated rings. The highest BCUT2D eigenvalue weighted by atomic mass is 19.1. The first kappa shape index (κ1) is 13.8. The third-order valence-electron chi connectivity index (χ3n) is 2.54. The molecule has 1 aromatic carbocycles. The highest BCUT2D eigenvalue weighted by Crippen LogP contribution is 2.10. The standard InChI is InChI=1S/C13H17F2NO/c1-3-4-7-16(2)9-13(17)11-6-5-10(14)8-12(11)15/h5-6,8H,3-4,7,9H2,1-2H3. The zero-order valence-electron chi connectivity index (χ0n) is 10.2. The van der Waals surface area contributed by atoms with E-state index in [1.807, 2.05) is 11.9 Å². The van der Waals surface area contributed by atoms with Crippen molar-refractivity contribution in [3.05, 3.63) is 35.4 Å². The zero-order valence-corrected chi connectivity index (χ0v) is 10.2. The number of rotatable bonds is 6. The predicted octanol–water partition coefficient (Wildman–Crippen LogP) is 2.88. The van der Waals surface area contributed by atoms with E-state index in [1.54, 1.807) is 0 Å². The Balaban J connectivity index is 2.63. The predicted molar refractivity (Wildman–Crippen MR) is 63.1 cm³/mol. The van der Waals surface area contributed by atoms with E-state index in [0.717, 1.165) is 31.5 Å². The van der Waals surface area contributed by atoms with Crippen LogP contribution in [0.15, 0.2) is 18.2 Å². The van der Waals surface area contributed by atoms with Gasteiger partial charge < -0.3 is 0 Å². The molecule has 17 heavy (non-hydrogen) atoms. The monoisotopic (exact) mass is 241 g/mol. The number of ketones is 1. The summed E-state index contributed by atoms with van der Waals surface area (Å²) >= 11 is 0. The summed E-state index contributed by atoms with van der Waals surface area (Å²) in [5, 5.41) is 0. The van der Waals surface area contributed by atoms with Crippen LogP contribution in [0.1, 0.15) is 30.1 Å². The zero-order chi connectivity index (χ0) is 12.8. The minimum atomic E-state index is -0.793. The minimum Gasteiger partial charge on any atom is -0.299 e. The second-order valence-electron chi connectivity index (χ2n) is 4.14. The van der Waals surface area contributed by atoms with Crippen molar-refractivity contribution in [3.8, 4) is 0 Å². The number of carbonyl (C=O) groups excluding carboxylic acids is 1. The summed E-state index contributed by atoms with van der Waals surface area (Å²) in [5.74, 6) is -1.78. The van der Waals surface area contributed by atoms with Crippen molar-refractivity contribution in [2.45, 2.75) is 19.8 Å². The number of unbranched alkanes of at least 4 members (excludes halogenated alkanes) is 1. The lowest BCUT2D eigenvalue weighted by Crippen LogP contribution is -2.27. The van der Waals surface area contributed by atoms with Crippen molar-refractivity contribution in [3.63, 3.8) is 0 Å². The van der Waals surface area contributed by atoms with Crippen molar-refractivity contribution in [2.24, 2.45) is 0 Å². The molecular formula is C13H17F2NO. The van der Waals surface area contributed by atoms with Crippen LogP contribution in [0.25, 0.3) is 0 Å². The molecular weight excluding hydrogens is 224 g/mol. The van der Waals surface area contributed by atoms with Crippen LogP contribution in [-0.4, -0.2) is 30.8 Å². The molecule has 2 nitrogen and oxygen atoms in total. The van der Waals surface area contributed by atoms with E-state index in [4.69, 9.17) is 0 Å². The third-order valence-corrected chi connectivity index (χ3v) is 2.54. The van der Waals surface area contributed by atoms with Gasteiger partial charge in [0.25, 0.3) is 0 Å². The Bertz CT molecular complexity index is 393. The third kappa shape index (κ3) is 4.23. The molecule has 0 amide bonds. The molecule has 4 heteroatoms. The molecule has 94 valence electrons. The average molecular weight is 241 g/mol. The van der Waals surface area contributed by atoms with Crippen molar-refractivity contribution in [2.75, 3.05) is 20.1 Å². The maximum absolute atomic E-state index is 13.3. The fourth-order valence-corrected chi connectivity index (χ4v) is 1.55. The van der Waals surface area contributed by atoms with Gasteiger partial charge in [-0.1, -0.05) is 13.3 Å². The molecule has 0 saturated heterocycles. The molecule has 0 aliphatic rings. The average Bonchev–Trinajstić information content (AvgIpc) is 2.26. The van der Waals surface area contributed by atoms with Crippen LogP contribution in [0.5, 0.6) is 0 Å². The van der Waals surface area contributed by atoms with Crippen molar-refractivity contribution in [1.82, 2.24) is 4.90 Å². The first-order chi connectivity index (χ1) is 8.04. The van der Waals surface area contributed by atoms with Gasteiger partial charge in [-0.05, 0) is 32.1 Å². The number of nitrogens with zero attached hydrogens (tertiary/aromatic N) is 1. The fourth-order valence-electron chi connectivity index (χ4n) is 1.55. The maximum Gasteiger partial charge on any atom is 0.179 e. The Hall–Kier alpha value is -1.29. The topological polar surface area (TPSA) is 20.3 Å². The molecule has 0 radical (unpaired) electrons. The van der Waals surface area contributed by atoms with E-state index in [9.17, 15) is 13.6 Å². The molecule has 0 aliphatic heterocycles. The lowest BCUT2D eigenvalue weighted by molar-refractivity contribution is 0.0941. The quantitative estimate of drug-likeness (QED) is 0.714. The first-order valence-corrected chi connectivity index (χ1v) is 5.71. The van der Waals surface area contributed by atoms with E-state index >= 15 is 0 Å². The number of hydrogen-bond donors (Lipinski definition) is 0. The van der Waals surface area contributed by atoms with E-state index < -0.39 is 11.6 Å². The number of Topliss-reactive ketones (excluding diaryl/α,β-unsaturated/α-hetero) is 1. The highest BCUT2D eigenvalue weighted by molar-refractivity contribution is 5.97. The fraction of sp³-hybridized carbons (Fsp3) is 0.462. The van der Waals surface area contributed by atoms with Gasteiger partial charge in [-0.2, -0.15) is 0 Å². The summed E-state index contributed by atoms with van der Waals surface area (Å²) in [6, 6.07) is 3.03. The molecule has 1 aromatic rings. The van der Waals surface area contributed by atoms with Crippen molar-refractivity contribution >= 4 is 5.78 Å². The van der Waals surface area contributed by atoms with Gasteiger partial charge in [0.15, 0.2) is 5.78 Å². The second-order valence-corrected chi connectivity index (χ2v) is 4.14. The Morgan fingerprint density at radius 1 is 1.35 bits per heavy atom. The van der Waals surface area contributed by atoms with E-state index in [-0.39, 0.29) is 17.9 Å². The Morgan fingerprint density at radius 2 is 2.06 bits per heavy atom. The van der Waals surface area contributed by atoms with Gasteiger partial charge in [-0.25, -0.2) is 8.78 Å². The highest BCUT2D eigenvalue weighted by Gasteiger charge is 2.14. The smallest absolute Gasteiger partial charge is 0.179 e. The SMILES string of the molecule is CCCCN(C)CC(=O)c1ccc(F)cc1F. The molecule has 0 heterocycles. The molecule has 0 aromatic heterocycles. The van der Waals surface area contributed by atoms with Crippen LogP contribution in [0.2, 0.25) is 0 Å². The maximum atomic E-state index is 13.3. The van der Waals surface area contributed by atoms with Gasteiger partial charge in [0, 0.05) is 6.07 Å². The summed E-state index contributed by atoms with van der Waals surface area (Å²) in [7, 11) is 1.81. The molecule has 0 atom stereocenters. The number of benzene rings is 1. The number of halogens is 2. The van der Waals surface area contributed by atoms with Crippen molar-refractivity contribution in [1.29, 1.82) is 0 Å². The largest absolute Gasteiger partial charge is 0.299 e. The molecule has 1 rings (SSSR count). The van der Waals surface area contributed by atoms with Gasteiger partial charge in [0.1, 0.15) is 11.6 Å². The van der Waals surface area contributed by atoms with Crippen LogP contribution in [0.3, 0.4) is 0 Å². The molecule has 0 spiro atoms. The van der Waals surface area contributed by atoms with Crippen LogP contribution >= 0.6 is 0 Å².